The van der Waals surface area contributed by atoms with Crippen LogP contribution < -0.4 is 10.9 Å². The number of carbonyl (C=O) groups excluding carboxylic acids is 1. The summed E-state index contributed by atoms with van der Waals surface area (Å²) in [5.41, 5.74) is 1.44. The van der Waals surface area contributed by atoms with Gasteiger partial charge in [0, 0.05) is 17.4 Å². The van der Waals surface area contributed by atoms with E-state index in [0.717, 1.165) is 0 Å². The molecule has 5 nitrogen and oxygen atoms in total. The van der Waals surface area contributed by atoms with Crippen LogP contribution in [0.1, 0.15) is 30.5 Å². The number of hydrogen-bond donors (Lipinski definition) is 1. The van der Waals surface area contributed by atoms with Gasteiger partial charge < -0.3 is 9.88 Å². The number of hydrogen-bond acceptors (Lipinski definition) is 3. The van der Waals surface area contributed by atoms with E-state index < -0.39 is 6.04 Å². The van der Waals surface area contributed by atoms with Crippen LogP contribution in [0.5, 0.6) is 0 Å². The number of pyridine rings is 1. The fraction of sp³-hybridized carbons (Fsp3) is 0.235. The van der Waals surface area contributed by atoms with E-state index in [1.54, 1.807) is 49.5 Å². The molecule has 1 atom stereocenters. The van der Waals surface area contributed by atoms with E-state index >= 15 is 0 Å². The van der Waals surface area contributed by atoms with Crippen molar-refractivity contribution in [2.45, 2.75) is 26.3 Å². The number of nitriles is 1. The molecule has 2 aromatic rings. The standard InChI is InChI=1S/C17H17N3O2/c1-3-15(20-9-5-6-12(2)17(20)22)16(21)19-14-8-4-7-13(10-14)11-18/h4-10,15H,3H2,1-2H3,(H,19,21). The summed E-state index contributed by atoms with van der Waals surface area (Å²) in [6.07, 6.45) is 2.11. The topological polar surface area (TPSA) is 74.9 Å². The lowest BCUT2D eigenvalue weighted by Crippen LogP contribution is -2.33. The largest absolute Gasteiger partial charge is 0.324 e. The van der Waals surface area contributed by atoms with Crippen LogP contribution in [-0.2, 0) is 4.79 Å². The highest BCUT2D eigenvalue weighted by molar-refractivity contribution is 5.93. The predicted molar refractivity (Wildman–Crippen MR) is 84.6 cm³/mol. The average molecular weight is 295 g/mol. The zero-order valence-electron chi connectivity index (χ0n) is 12.5. The Morgan fingerprint density at radius 1 is 1.36 bits per heavy atom. The summed E-state index contributed by atoms with van der Waals surface area (Å²) in [5, 5.41) is 11.7. The third-order valence-corrected chi connectivity index (χ3v) is 3.45. The quantitative estimate of drug-likeness (QED) is 0.942. The molecule has 0 saturated heterocycles. The van der Waals surface area contributed by atoms with E-state index in [0.29, 0.717) is 23.2 Å². The van der Waals surface area contributed by atoms with Crippen LogP contribution in [-0.4, -0.2) is 10.5 Å². The number of anilines is 1. The second-order valence-corrected chi connectivity index (χ2v) is 5.01. The lowest BCUT2D eigenvalue weighted by Gasteiger charge is -2.18. The van der Waals surface area contributed by atoms with Crippen LogP contribution in [0.3, 0.4) is 0 Å². The predicted octanol–water partition coefficient (Wildman–Crippen LogP) is 2.62. The summed E-state index contributed by atoms with van der Waals surface area (Å²) in [6.45, 7) is 3.57. The summed E-state index contributed by atoms with van der Waals surface area (Å²) >= 11 is 0. The maximum Gasteiger partial charge on any atom is 0.254 e. The highest BCUT2D eigenvalue weighted by Gasteiger charge is 2.20. The maximum absolute atomic E-state index is 12.5. The van der Waals surface area contributed by atoms with Gasteiger partial charge in [0.2, 0.25) is 5.91 Å². The molecular weight excluding hydrogens is 278 g/mol. The minimum Gasteiger partial charge on any atom is -0.324 e. The van der Waals surface area contributed by atoms with Crippen molar-refractivity contribution in [3.63, 3.8) is 0 Å². The lowest BCUT2D eigenvalue weighted by atomic mass is 10.1. The third-order valence-electron chi connectivity index (χ3n) is 3.45. The Labute approximate surface area is 128 Å². The molecular formula is C17H17N3O2. The second-order valence-electron chi connectivity index (χ2n) is 5.01. The van der Waals surface area contributed by atoms with Crippen LogP contribution in [0.4, 0.5) is 5.69 Å². The minimum absolute atomic E-state index is 0.171. The van der Waals surface area contributed by atoms with Gasteiger partial charge in [0.15, 0.2) is 0 Å². The Morgan fingerprint density at radius 2 is 2.14 bits per heavy atom. The van der Waals surface area contributed by atoms with Crippen LogP contribution in [0, 0.1) is 18.3 Å². The smallest absolute Gasteiger partial charge is 0.254 e. The SMILES string of the molecule is CCC(C(=O)Nc1cccc(C#N)c1)n1cccc(C)c1=O. The van der Waals surface area contributed by atoms with Gasteiger partial charge in [-0.25, -0.2) is 0 Å². The van der Waals surface area contributed by atoms with Gasteiger partial charge in [-0.1, -0.05) is 19.1 Å². The molecule has 22 heavy (non-hydrogen) atoms. The van der Waals surface area contributed by atoms with E-state index in [1.807, 2.05) is 13.0 Å². The van der Waals surface area contributed by atoms with Crippen molar-refractivity contribution in [3.8, 4) is 6.07 Å². The summed E-state index contributed by atoms with van der Waals surface area (Å²) in [7, 11) is 0. The molecule has 0 saturated carbocycles. The fourth-order valence-electron chi connectivity index (χ4n) is 2.27. The molecule has 1 amide bonds. The van der Waals surface area contributed by atoms with Crippen molar-refractivity contribution in [3.05, 3.63) is 64.1 Å². The molecule has 112 valence electrons. The number of benzene rings is 1. The van der Waals surface area contributed by atoms with Crippen molar-refractivity contribution in [2.24, 2.45) is 0 Å². The Hall–Kier alpha value is -2.87. The van der Waals surface area contributed by atoms with Gasteiger partial charge in [0.1, 0.15) is 6.04 Å². The molecule has 0 aliphatic rings. The highest BCUT2D eigenvalue weighted by Crippen LogP contribution is 2.15. The van der Waals surface area contributed by atoms with Gasteiger partial charge in [0.25, 0.3) is 5.56 Å². The first kappa shape index (κ1) is 15.5. The maximum atomic E-state index is 12.5. The van der Waals surface area contributed by atoms with Crippen LogP contribution >= 0.6 is 0 Å². The van der Waals surface area contributed by atoms with Gasteiger partial charge in [-0.3, -0.25) is 9.59 Å². The Kier molecular flexibility index (Phi) is 4.74. The number of nitrogens with zero attached hydrogens (tertiary/aromatic N) is 2. The molecule has 1 aromatic carbocycles. The molecule has 0 spiro atoms. The van der Waals surface area contributed by atoms with Gasteiger partial charge in [-0.2, -0.15) is 5.26 Å². The normalized spacial score (nSPS) is 11.5. The van der Waals surface area contributed by atoms with E-state index in [-0.39, 0.29) is 11.5 Å². The third kappa shape index (κ3) is 3.23. The minimum atomic E-state index is -0.585. The lowest BCUT2D eigenvalue weighted by molar-refractivity contribution is -0.119. The van der Waals surface area contributed by atoms with Gasteiger partial charge in [-0.15, -0.1) is 0 Å². The van der Waals surface area contributed by atoms with Crippen molar-refractivity contribution in [1.82, 2.24) is 4.57 Å². The average Bonchev–Trinajstić information content (AvgIpc) is 2.52. The molecule has 1 N–H and O–H groups in total. The monoisotopic (exact) mass is 295 g/mol. The zero-order chi connectivity index (χ0) is 16.1. The van der Waals surface area contributed by atoms with E-state index in [1.165, 1.54) is 4.57 Å². The number of nitrogens with one attached hydrogen (secondary N) is 1. The molecule has 0 bridgehead atoms. The van der Waals surface area contributed by atoms with Gasteiger partial charge in [-0.05, 0) is 37.6 Å². The number of aromatic nitrogens is 1. The molecule has 0 aliphatic heterocycles. The first-order valence-electron chi connectivity index (χ1n) is 7.05. The van der Waals surface area contributed by atoms with Gasteiger partial charge in [0.05, 0.1) is 11.6 Å². The molecule has 1 heterocycles. The van der Waals surface area contributed by atoms with E-state index in [4.69, 9.17) is 5.26 Å². The molecule has 2 rings (SSSR count). The molecule has 1 aromatic heterocycles. The summed E-state index contributed by atoms with van der Waals surface area (Å²) in [5.74, 6) is -0.273. The van der Waals surface area contributed by atoms with Gasteiger partial charge >= 0.3 is 0 Å². The van der Waals surface area contributed by atoms with Crippen LogP contribution in [0.15, 0.2) is 47.4 Å². The number of carbonyl (C=O) groups is 1. The summed E-state index contributed by atoms with van der Waals surface area (Å²) in [6, 6.07) is 11.6. The zero-order valence-corrected chi connectivity index (χ0v) is 12.5. The second kappa shape index (κ2) is 6.72. The van der Waals surface area contributed by atoms with Crippen LogP contribution in [0.25, 0.3) is 0 Å². The molecule has 0 fully saturated rings. The van der Waals surface area contributed by atoms with Crippen molar-refractivity contribution in [2.75, 3.05) is 5.32 Å². The van der Waals surface area contributed by atoms with Crippen molar-refractivity contribution < 1.29 is 4.79 Å². The molecule has 5 heteroatoms. The van der Waals surface area contributed by atoms with Crippen molar-refractivity contribution in [1.29, 1.82) is 5.26 Å². The van der Waals surface area contributed by atoms with E-state index in [2.05, 4.69) is 5.32 Å². The molecule has 0 aliphatic carbocycles. The first-order chi connectivity index (χ1) is 10.6. The van der Waals surface area contributed by atoms with Crippen LogP contribution in [0.2, 0.25) is 0 Å². The molecule has 0 radical (unpaired) electrons. The Morgan fingerprint density at radius 3 is 2.82 bits per heavy atom. The number of rotatable bonds is 4. The summed E-state index contributed by atoms with van der Waals surface area (Å²) in [4.78, 5) is 24.6. The Bertz CT molecular complexity index is 787. The highest BCUT2D eigenvalue weighted by atomic mass is 16.2. The van der Waals surface area contributed by atoms with Crippen molar-refractivity contribution >= 4 is 11.6 Å². The first-order valence-corrected chi connectivity index (χ1v) is 7.05. The summed E-state index contributed by atoms with van der Waals surface area (Å²) < 4.78 is 1.44. The number of amides is 1. The molecule has 1 unspecified atom stereocenters. The fourth-order valence-corrected chi connectivity index (χ4v) is 2.27. The number of aryl methyl sites for hydroxylation is 1. The Balaban J connectivity index is 2.28. The van der Waals surface area contributed by atoms with E-state index in [9.17, 15) is 9.59 Å².